The third kappa shape index (κ3) is 4.46. The minimum Gasteiger partial charge on any atom is -0.396 e. The van der Waals surface area contributed by atoms with Crippen LogP contribution in [0.4, 0.5) is 0 Å². The van der Waals surface area contributed by atoms with Crippen LogP contribution in [-0.4, -0.2) is 58.5 Å². The van der Waals surface area contributed by atoms with Crippen molar-refractivity contribution in [2.45, 2.75) is 32.3 Å². The molecule has 0 unspecified atom stereocenters. The molecule has 0 atom stereocenters. The smallest absolute Gasteiger partial charge is 0.271 e. The Bertz CT molecular complexity index is 688. The third-order valence-corrected chi connectivity index (χ3v) is 4.54. The number of aromatic amines is 1. The normalized spacial score (nSPS) is 15.5. The molecule has 1 aliphatic heterocycles. The lowest BCUT2D eigenvalue weighted by Gasteiger charge is -2.31. The van der Waals surface area contributed by atoms with Crippen molar-refractivity contribution < 1.29 is 14.6 Å². The van der Waals surface area contributed by atoms with Gasteiger partial charge in [0.25, 0.3) is 5.91 Å². The fraction of sp³-hybridized carbons (Fsp3) is 0.474. The standard InChI is InChI=1S/C19H25N3O3/c1-14-3-5-15(6-4-14)17-13-18(21-20-17)19(24)22-9-7-16(8-10-22)25-12-2-11-23/h3-6,13,16,23H,2,7-12H2,1H3,(H,20,21). The van der Waals surface area contributed by atoms with Crippen LogP contribution in [-0.2, 0) is 4.74 Å². The van der Waals surface area contributed by atoms with Gasteiger partial charge in [-0.3, -0.25) is 9.89 Å². The molecule has 1 aromatic carbocycles. The number of carbonyl (C=O) groups excluding carboxylic acids is 1. The van der Waals surface area contributed by atoms with E-state index in [0.717, 1.165) is 24.1 Å². The second kappa shape index (κ2) is 8.27. The van der Waals surface area contributed by atoms with Gasteiger partial charge in [-0.2, -0.15) is 5.10 Å². The minimum absolute atomic E-state index is 0.0142. The maximum atomic E-state index is 12.6. The highest BCUT2D eigenvalue weighted by molar-refractivity contribution is 5.93. The van der Waals surface area contributed by atoms with Gasteiger partial charge in [0.05, 0.1) is 11.8 Å². The van der Waals surface area contributed by atoms with Gasteiger partial charge >= 0.3 is 0 Å². The van der Waals surface area contributed by atoms with Crippen molar-refractivity contribution in [3.63, 3.8) is 0 Å². The fourth-order valence-corrected chi connectivity index (χ4v) is 3.01. The molecule has 1 aliphatic rings. The lowest BCUT2D eigenvalue weighted by Crippen LogP contribution is -2.41. The maximum absolute atomic E-state index is 12.6. The molecule has 1 saturated heterocycles. The van der Waals surface area contributed by atoms with Crippen LogP contribution in [0.2, 0.25) is 0 Å². The summed E-state index contributed by atoms with van der Waals surface area (Å²) in [4.78, 5) is 14.5. The molecule has 2 heterocycles. The first kappa shape index (κ1) is 17.6. The molecule has 3 rings (SSSR count). The van der Waals surface area contributed by atoms with E-state index in [-0.39, 0.29) is 18.6 Å². The van der Waals surface area contributed by atoms with Crippen LogP contribution in [0, 0.1) is 6.92 Å². The quantitative estimate of drug-likeness (QED) is 0.790. The van der Waals surface area contributed by atoms with Gasteiger partial charge in [-0.05, 0) is 32.3 Å². The number of rotatable bonds is 6. The average Bonchev–Trinajstić information content (AvgIpc) is 3.13. The van der Waals surface area contributed by atoms with Gasteiger partial charge in [0.15, 0.2) is 0 Å². The number of hydrogen-bond acceptors (Lipinski definition) is 4. The monoisotopic (exact) mass is 343 g/mol. The maximum Gasteiger partial charge on any atom is 0.271 e. The number of likely N-dealkylation sites (tertiary alicyclic amines) is 1. The summed E-state index contributed by atoms with van der Waals surface area (Å²) in [5.41, 5.74) is 3.50. The second-order valence-electron chi connectivity index (χ2n) is 6.47. The first-order chi connectivity index (χ1) is 12.2. The number of aliphatic hydroxyl groups excluding tert-OH is 1. The van der Waals surface area contributed by atoms with Gasteiger partial charge in [0.2, 0.25) is 0 Å². The van der Waals surface area contributed by atoms with E-state index >= 15 is 0 Å². The van der Waals surface area contributed by atoms with Gasteiger partial charge in [-0.1, -0.05) is 29.8 Å². The molecule has 0 saturated carbocycles. The first-order valence-corrected chi connectivity index (χ1v) is 8.81. The van der Waals surface area contributed by atoms with Crippen molar-refractivity contribution in [2.75, 3.05) is 26.3 Å². The van der Waals surface area contributed by atoms with Gasteiger partial charge in [-0.15, -0.1) is 0 Å². The Morgan fingerprint density at radius 2 is 2.04 bits per heavy atom. The zero-order chi connectivity index (χ0) is 17.6. The first-order valence-electron chi connectivity index (χ1n) is 8.81. The summed E-state index contributed by atoms with van der Waals surface area (Å²) >= 11 is 0. The summed E-state index contributed by atoms with van der Waals surface area (Å²) in [6, 6.07) is 9.90. The van der Waals surface area contributed by atoms with Crippen molar-refractivity contribution >= 4 is 5.91 Å². The molecular formula is C19H25N3O3. The lowest BCUT2D eigenvalue weighted by atomic mass is 10.1. The summed E-state index contributed by atoms with van der Waals surface area (Å²) in [7, 11) is 0. The van der Waals surface area contributed by atoms with E-state index in [2.05, 4.69) is 10.2 Å². The Labute approximate surface area is 147 Å². The van der Waals surface area contributed by atoms with E-state index in [0.29, 0.717) is 31.8 Å². The summed E-state index contributed by atoms with van der Waals surface area (Å²) in [5, 5.41) is 15.9. The molecule has 134 valence electrons. The number of nitrogens with one attached hydrogen (secondary N) is 1. The molecule has 2 aromatic rings. The predicted octanol–water partition coefficient (Wildman–Crippen LogP) is 2.39. The largest absolute Gasteiger partial charge is 0.396 e. The van der Waals surface area contributed by atoms with Crippen LogP contribution >= 0.6 is 0 Å². The van der Waals surface area contributed by atoms with Crippen LogP contribution in [0.25, 0.3) is 11.3 Å². The number of amides is 1. The molecule has 0 spiro atoms. The number of carbonyl (C=O) groups is 1. The summed E-state index contributed by atoms with van der Waals surface area (Å²) in [6.07, 6.45) is 2.50. The molecular weight excluding hydrogens is 318 g/mol. The number of piperidine rings is 1. The molecule has 6 heteroatoms. The van der Waals surface area contributed by atoms with Crippen molar-refractivity contribution in [2.24, 2.45) is 0 Å². The van der Waals surface area contributed by atoms with E-state index in [9.17, 15) is 4.79 Å². The minimum atomic E-state index is -0.0142. The van der Waals surface area contributed by atoms with Gasteiger partial charge in [0.1, 0.15) is 5.69 Å². The Hall–Kier alpha value is -2.18. The molecule has 1 amide bonds. The van der Waals surface area contributed by atoms with Gasteiger partial charge < -0.3 is 14.7 Å². The van der Waals surface area contributed by atoms with Crippen LogP contribution in [0.15, 0.2) is 30.3 Å². The van der Waals surface area contributed by atoms with E-state index in [4.69, 9.17) is 9.84 Å². The molecule has 0 bridgehead atoms. The number of H-pyrrole nitrogens is 1. The zero-order valence-corrected chi connectivity index (χ0v) is 14.6. The number of hydrogen-bond donors (Lipinski definition) is 2. The number of benzene rings is 1. The third-order valence-electron chi connectivity index (χ3n) is 4.54. The second-order valence-corrected chi connectivity index (χ2v) is 6.47. The van der Waals surface area contributed by atoms with E-state index in [1.807, 2.05) is 42.2 Å². The number of aliphatic hydroxyl groups is 1. The summed E-state index contributed by atoms with van der Waals surface area (Å²) in [5.74, 6) is -0.0142. The molecule has 0 aliphatic carbocycles. The Morgan fingerprint density at radius 1 is 1.32 bits per heavy atom. The highest BCUT2D eigenvalue weighted by atomic mass is 16.5. The van der Waals surface area contributed by atoms with Crippen molar-refractivity contribution in [3.05, 3.63) is 41.6 Å². The Kier molecular flexibility index (Phi) is 5.83. The number of nitrogens with zero attached hydrogens (tertiary/aromatic N) is 2. The van der Waals surface area contributed by atoms with Gasteiger partial charge in [-0.25, -0.2) is 0 Å². The highest BCUT2D eigenvalue weighted by Gasteiger charge is 2.25. The lowest BCUT2D eigenvalue weighted by molar-refractivity contribution is 0.00384. The molecule has 1 fully saturated rings. The van der Waals surface area contributed by atoms with Crippen molar-refractivity contribution in [1.29, 1.82) is 0 Å². The van der Waals surface area contributed by atoms with Crippen LogP contribution in [0.1, 0.15) is 35.3 Å². The number of aromatic nitrogens is 2. The average molecular weight is 343 g/mol. The predicted molar refractivity (Wildman–Crippen MR) is 95.3 cm³/mol. The van der Waals surface area contributed by atoms with Crippen LogP contribution in [0.5, 0.6) is 0 Å². The van der Waals surface area contributed by atoms with Crippen LogP contribution < -0.4 is 0 Å². The number of ether oxygens (including phenoxy) is 1. The van der Waals surface area contributed by atoms with Gasteiger partial charge in [0, 0.05) is 31.9 Å². The zero-order valence-electron chi connectivity index (χ0n) is 14.6. The topological polar surface area (TPSA) is 78.5 Å². The summed E-state index contributed by atoms with van der Waals surface area (Å²) in [6.45, 7) is 4.14. The van der Waals surface area contributed by atoms with E-state index in [1.165, 1.54) is 5.56 Å². The molecule has 0 radical (unpaired) electrons. The van der Waals surface area contributed by atoms with Crippen LogP contribution in [0.3, 0.4) is 0 Å². The number of aryl methyl sites for hydroxylation is 1. The Balaban J connectivity index is 1.56. The molecule has 1 aromatic heterocycles. The molecule has 2 N–H and O–H groups in total. The highest BCUT2D eigenvalue weighted by Crippen LogP contribution is 2.20. The van der Waals surface area contributed by atoms with E-state index < -0.39 is 0 Å². The molecule has 6 nitrogen and oxygen atoms in total. The fourth-order valence-electron chi connectivity index (χ4n) is 3.01. The van der Waals surface area contributed by atoms with Crippen molar-refractivity contribution in [3.8, 4) is 11.3 Å². The van der Waals surface area contributed by atoms with E-state index in [1.54, 1.807) is 0 Å². The summed E-state index contributed by atoms with van der Waals surface area (Å²) < 4.78 is 5.71. The molecule has 25 heavy (non-hydrogen) atoms. The Morgan fingerprint density at radius 3 is 2.72 bits per heavy atom. The SMILES string of the molecule is Cc1ccc(-c2cc(C(=O)N3CCC(OCCCO)CC3)[nH]n2)cc1. The van der Waals surface area contributed by atoms with Crippen molar-refractivity contribution in [1.82, 2.24) is 15.1 Å².